The fourth-order valence-corrected chi connectivity index (χ4v) is 4.28. The maximum Gasteiger partial charge on any atom is 0.0194 e. The van der Waals surface area contributed by atoms with Crippen molar-refractivity contribution in [1.29, 1.82) is 0 Å². The summed E-state index contributed by atoms with van der Waals surface area (Å²) >= 11 is 2.14. The van der Waals surface area contributed by atoms with Crippen LogP contribution in [0.2, 0.25) is 0 Å². The molecule has 17 heavy (non-hydrogen) atoms. The van der Waals surface area contributed by atoms with Crippen molar-refractivity contribution in [3.05, 3.63) is 0 Å². The van der Waals surface area contributed by atoms with Gasteiger partial charge in [0.1, 0.15) is 0 Å². The highest BCUT2D eigenvalue weighted by Gasteiger charge is 2.21. The highest BCUT2D eigenvalue weighted by Crippen LogP contribution is 2.24. The van der Waals surface area contributed by atoms with Gasteiger partial charge in [-0.3, -0.25) is 0 Å². The Hall–Kier alpha value is 0.270. The van der Waals surface area contributed by atoms with Gasteiger partial charge in [-0.15, -0.1) is 0 Å². The Balaban J connectivity index is 1.77. The van der Waals surface area contributed by atoms with Gasteiger partial charge in [-0.2, -0.15) is 11.8 Å². The van der Waals surface area contributed by atoms with Crippen LogP contribution in [0.25, 0.3) is 0 Å². The summed E-state index contributed by atoms with van der Waals surface area (Å²) < 4.78 is 0. The molecular weight excluding hydrogens is 228 g/mol. The second kappa shape index (κ2) is 7.65. The molecule has 0 aromatic rings. The standard InChI is InChI=1S/C14H28N2S/c1-2-4-14-12-16(8-3-7-15-14)11-13-5-9-17-10-6-13/h13-15H,2-12H2,1H3. The van der Waals surface area contributed by atoms with Gasteiger partial charge in [0, 0.05) is 19.1 Å². The van der Waals surface area contributed by atoms with E-state index in [4.69, 9.17) is 0 Å². The molecule has 0 aromatic carbocycles. The van der Waals surface area contributed by atoms with Crippen molar-refractivity contribution in [3.8, 4) is 0 Å². The quantitative estimate of drug-likeness (QED) is 0.832. The van der Waals surface area contributed by atoms with Crippen molar-refractivity contribution >= 4 is 11.8 Å². The molecule has 1 atom stereocenters. The first-order chi connectivity index (χ1) is 8.38. The molecule has 0 saturated carbocycles. The van der Waals surface area contributed by atoms with E-state index in [1.54, 1.807) is 0 Å². The Morgan fingerprint density at radius 2 is 2.12 bits per heavy atom. The summed E-state index contributed by atoms with van der Waals surface area (Å²) in [5, 5.41) is 3.70. The first-order valence-electron chi connectivity index (χ1n) is 7.42. The van der Waals surface area contributed by atoms with Crippen LogP contribution in [0.15, 0.2) is 0 Å². The third kappa shape index (κ3) is 4.80. The summed E-state index contributed by atoms with van der Waals surface area (Å²) in [5.41, 5.74) is 0. The Morgan fingerprint density at radius 1 is 1.29 bits per heavy atom. The van der Waals surface area contributed by atoms with Crippen LogP contribution >= 0.6 is 11.8 Å². The summed E-state index contributed by atoms with van der Waals surface area (Å²) in [7, 11) is 0. The first kappa shape index (κ1) is 13.7. The van der Waals surface area contributed by atoms with Crippen molar-refractivity contribution in [2.75, 3.05) is 37.7 Å². The minimum absolute atomic E-state index is 0.750. The zero-order chi connectivity index (χ0) is 11.9. The molecule has 0 amide bonds. The van der Waals surface area contributed by atoms with E-state index < -0.39 is 0 Å². The second-order valence-electron chi connectivity index (χ2n) is 5.61. The Labute approximate surface area is 111 Å². The molecule has 0 spiro atoms. The van der Waals surface area contributed by atoms with Crippen LogP contribution < -0.4 is 5.32 Å². The number of rotatable bonds is 4. The number of hydrogen-bond acceptors (Lipinski definition) is 3. The monoisotopic (exact) mass is 256 g/mol. The van der Waals surface area contributed by atoms with E-state index in [1.165, 1.54) is 69.8 Å². The lowest BCUT2D eigenvalue weighted by molar-refractivity contribution is 0.216. The Kier molecular flexibility index (Phi) is 6.16. The van der Waals surface area contributed by atoms with E-state index in [0.717, 1.165) is 12.0 Å². The highest BCUT2D eigenvalue weighted by atomic mass is 32.2. The average Bonchev–Trinajstić information content (AvgIpc) is 2.56. The zero-order valence-corrected chi connectivity index (χ0v) is 12.1. The van der Waals surface area contributed by atoms with Gasteiger partial charge in [-0.1, -0.05) is 13.3 Å². The lowest BCUT2D eigenvalue weighted by atomic mass is 10.0. The molecule has 1 N–H and O–H groups in total. The van der Waals surface area contributed by atoms with Crippen molar-refractivity contribution < 1.29 is 0 Å². The molecule has 2 aliphatic heterocycles. The molecule has 0 bridgehead atoms. The third-order valence-electron chi connectivity index (χ3n) is 4.06. The Morgan fingerprint density at radius 3 is 2.88 bits per heavy atom. The SMILES string of the molecule is CCCC1CN(CC2CCSCC2)CCCN1. The van der Waals surface area contributed by atoms with Gasteiger partial charge >= 0.3 is 0 Å². The van der Waals surface area contributed by atoms with Gasteiger partial charge in [0.25, 0.3) is 0 Å². The van der Waals surface area contributed by atoms with Crippen molar-refractivity contribution in [3.63, 3.8) is 0 Å². The summed E-state index contributed by atoms with van der Waals surface area (Å²) in [6.07, 6.45) is 6.89. The van der Waals surface area contributed by atoms with E-state index in [2.05, 4.69) is 28.9 Å². The molecule has 2 aliphatic rings. The van der Waals surface area contributed by atoms with Crippen LogP contribution in [0.3, 0.4) is 0 Å². The van der Waals surface area contributed by atoms with E-state index in [-0.39, 0.29) is 0 Å². The molecular formula is C14H28N2S. The minimum Gasteiger partial charge on any atom is -0.313 e. The van der Waals surface area contributed by atoms with Crippen LogP contribution in [0, 0.1) is 5.92 Å². The van der Waals surface area contributed by atoms with Gasteiger partial charge in [0.15, 0.2) is 0 Å². The largest absolute Gasteiger partial charge is 0.313 e. The maximum absolute atomic E-state index is 3.70. The summed E-state index contributed by atoms with van der Waals surface area (Å²) in [6, 6.07) is 0.750. The van der Waals surface area contributed by atoms with Crippen molar-refractivity contribution in [1.82, 2.24) is 10.2 Å². The third-order valence-corrected chi connectivity index (χ3v) is 5.11. The minimum atomic E-state index is 0.750. The molecule has 0 aromatic heterocycles. The number of thioether (sulfide) groups is 1. The predicted octanol–water partition coefficient (Wildman–Crippen LogP) is 2.59. The van der Waals surface area contributed by atoms with Crippen molar-refractivity contribution in [2.45, 2.75) is 45.1 Å². The molecule has 2 heterocycles. The fraction of sp³-hybridized carbons (Fsp3) is 1.00. The predicted molar refractivity (Wildman–Crippen MR) is 77.8 cm³/mol. The molecule has 2 saturated heterocycles. The summed E-state index contributed by atoms with van der Waals surface area (Å²) in [6.45, 7) is 7.49. The maximum atomic E-state index is 3.70. The van der Waals surface area contributed by atoms with Gasteiger partial charge in [0.2, 0.25) is 0 Å². The van der Waals surface area contributed by atoms with E-state index in [1.807, 2.05) is 0 Å². The lowest BCUT2D eigenvalue weighted by Gasteiger charge is -2.30. The summed E-state index contributed by atoms with van der Waals surface area (Å²) in [5.74, 6) is 3.78. The Bertz CT molecular complexity index is 204. The van der Waals surface area contributed by atoms with Gasteiger partial charge in [-0.05, 0) is 56.2 Å². The van der Waals surface area contributed by atoms with Crippen molar-refractivity contribution in [2.24, 2.45) is 5.92 Å². The molecule has 2 rings (SSSR count). The van der Waals surface area contributed by atoms with Crippen LogP contribution in [0.4, 0.5) is 0 Å². The number of hydrogen-bond donors (Lipinski definition) is 1. The average molecular weight is 256 g/mol. The van der Waals surface area contributed by atoms with Crippen LogP contribution in [0.5, 0.6) is 0 Å². The first-order valence-corrected chi connectivity index (χ1v) is 8.57. The molecule has 0 radical (unpaired) electrons. The molecule has 1 unspecified atom stereocenters. The lowest BCUT2D eigenvalue weighted by Crippen LogP contribution is -2.40. The van der Waals surface area contributed by atoms with E-state index in [0.29, 0.717) is 0 Å². The second-order valence-corrected chi connectivity index (χ2v) is 6.83. The van der Waals surface area contributed by atoms with Gasteiger partial charge in [0.05, 0.1) is 0 Å². The molecule has 2 fully saturated rings. The molecule has 0 aliphatic carbocycles. The van der Waals surface area contributed by atoms with Gasteiger partial charge < -0.3 is 10.2 Å². The highest BCUT2D eigenvalue weighted by molar-refractivity contribution is 7.99. The smallest absolute Gasteiger partial charge is 0.0194 e. The van der Waals surface area contributed by atoms with E-state index in [9.17, 15) is 0 Å². The van der Waals surface area contributed by atoms with Crippen LogP contribution in [-0.4, -0.2) is 48.6 Å². The molecule has 2 nitrogen and oxygen atoms in total. The van der Waals surface area contributed by atoms with Gasteiger partial charge in [-0.25, -0.2) is 0 Å². The fourth-order valence-electron chi connectivity index (χ4n) is 3.08. The normalized spacial score (nSPS) is 29.1. The summed E-state index contributed by atoms with van der Waals surface area (Å²) in [4.78, 5) is 2.74. The molecule has 100 valence electrons. The van der Waals surface area contributed by atoms with Crippen LogP contribution in [-0.2, 0) is 0 Å². The topological polar surface area (TPSA) is 15.3 Å². The zero-order valence-electron chi connectivity index (χ0n) is 11.3. The molecule has 3 heteroatoms. The number of nitrogens with zero attached hydrogens (tertiary/aromatic N) is 1. The van der Waals surface area contributed by atoms with E-state index >= 15 is 0 Å². The van der Waals surface area contributed by atoms with Crippen LogP contribution in [0.1, 0.15) is 39.0 Å². The number of nitrogens with one attached hydrogen (secondary N) is 1.